The summed E-state index contributed by atoms with van der Waals surface area (Å²) in [4.78, 5) is 29.0. The third-order valence-corrected chi connectivity index (χ3v) is 8.23. The predicted molar refractivity (Wildman–Crippen MR) is 163 cm³/mol. The molecule has 1 N–H and O–H groups in total. The highest BCUT2D eigenvalue weighted by Crippen LogP contribution is 2.26. The standard InChI is InChI=1S/C29H32Cl3N3O4S/c1-3-4-16-33-29(37)27(17-21-8-6-5-7-9-21)34(19-22-10-11-24(31)18-26(22)32)28(36)20-35(40(2,38)39)25-14-12-23(30)13-15-25/h5-15,18,27H,3-4,16-17,19-20H2,1-2H3,(H,33,37). The summed E-state index contributed by atoms with van der Waals surface area (Å²) in [5, 5.41) is 4.12. The summed E-state index contributed by atoms with van der Waals surface area (Å²) >= 11 is 18.6. The molecule has 1 unspecified atom stereocenters. The van der Waals surface area contributed by atoms with E-state index >= 15 is 0 Å². The third kappa shape index (κ3) is 9.13. The fourth-order valence-electron chi connectivity index (χ4n) is 4.11. The minimum atomic E-state index is -3.87. The molecule has 0 fully saturated rings. The molecule has 0 saturated heterocycles. The fraction of sp³-hybridized carbons (Fsp3) is 0.310. The van der Waals surface area contributed by atoms with E-state index in [9.17, 15) is 18.0 Å². The van der Waals surface area contributed by atoms with Crippen molar-refractivity contribution in [3.63, 3.8) is 0 Å². The van der Waals surface area contributed by atoms with Gasteiger partial charge in [-0.3, -0.25) is 13.9 Å². The Kier molecular flexibility index (Phi) is 11.7. The van der Waals surface area contributed by atoms with Crippen LogP contribution in [-0.2, 0) is 32.6 Å². The molecule has 0 radical (unpaired) electrons. The Morgan fingerprint density at radius 2 is 1.57 bits per heavy atom. The molecule has 1 atom stereocenters. The minimum Gasteiger partial charge on any atom is -0.354 e. The third-order valence-electron chi connectivity index (χ3n) is 6.25. The van der Waals surface area contributed by atoms with Crippen LogP contribution in [0.5, 0.6) is 0 Å². The van der Waals surface area contributed by atoms with Crippen molar-refractivity contribution in [1.82, 2.24) is 10.2 Å². The largest absolute Gasteiger partial charge is 0.354 e. The lowest BCUT2D eigenvalue weighted by atomic mass is 10.0. The summed E-state index contributed by atoms with van der Waals surface area (Å²) in [7, 11) is -3.87. The number of amides is 2. The zero-order valence-electron chi connectivity index (χ0n) is 22.3. The Morgan fingerprint density at radius 1 is 0.925 bits per heavy atom. The van der Waals surface area contributed by atoms with Gasteiger partial charge in [0.15, 0.2) is 0 Å². The van der Waals surface area contributed by atoms with Crippen LogP contribution in [0.4, 0.5) is 5.69 Å². The second-order valence-corrected chi connectivity index (χ2v) is 12.5. The van der Waals surface area contributed by atoms with Gasteiger partial charge in [0.2, 0.25) is 21.8 Å². The molecule has 0 aliphatic carbocycles. The quantitative estimate of drug-likeness (QED) is 0.238. The van der Waals surface area contributed by atoms with Crippen LogP contribution >= 0.6 is 34.8 Å². The van der Waals surface area contributed by atoms with Gasteiger partial charge >= 0.3 is 0 Å². The van der Waals surface area contributed by atoms with E-state index in [4.69, 9.17) is 34.8 Å². The summed E-state index contributed by atoms with van der Waals surface area (Å²) in [6.07, 6.45) is 2.90. The molecular formula is C29H32Cl3N3O4S. The molecule has 214 valence electrons. The molecule has 11 heteroatoms. The summed E-state index contributed by atoms with van der Waals surface area (Å²) in [5.74, 6) is -0.911. The van der Waals surface area contributed by atoms with Gasteiger partial charge < -0.3 is 10.2 Å². The number of halogens is 3. The van der Waals surface area contributed by atoms with Gasteiger partial charge in [-0.15, -0.1) is 0 Å². The molecule has 3 aromatic rings. The molecule has 0 spiro atoms. The maximum absolute atomic E-state index is 14.0. The van der Waals surface area contributed by atoms with Crippen molar-refractivity contribution < 1.29 is 18.0 Å². The Labute approximate surface area is 251 Å². The number of carbonyl (C=O) groups is 2. The molecule has 0 heterocycles. The van der Waals surface area contributed by atoms with Crippen LogP contribution in [0.25, 0.3) is 0 Å². The van der Waals surface area contributed by atoms with E-state index in [2.05, 4.69) is 5.32 Å². The lowest BCUT2D eigenvalue weighted by Gasteiger charge is -2.33. The minimum absolute atomic E-state index is 0.0360. The van der Waals surface area contributed by atoms with Crippen molar-refractivity contribution in [3.8, 4) is 0 Å². The fourth-order valence-corrected chi connectivity index (χ4v) is 5.56. The van der Waals surface area contributed by atoms with E-state index in [0.29, 0.717) is 27.2 Å². The number of anilines is 1. The smallest absolute Gasteiger partial charge is 0.244 e. The van der Waals surface area contributed by atoms with E-state index in [1.807, 2.05) is 37.3 Å². The molecule has 7 nitrogen and oxygen atoms in total. The van der Waals surface area contributed by atoms with Gasteiger partial charge in [0.25, 0.3) is 0 Å². The van der Waals surface area contributed by atoms with Crippen molar-refractivity contribution in [2.45, 2.75) is 38.8 Å². The topological polar surface area (TPSA) is 86.8 Å². The Hall–Kier alpha value is -2.78. The lowest BCUT2D eigenvalue weighted by Crippen LogP contribution is -2.53. The summed E-state index contributed by atoms with van der Waals surface area (Å²) in [6, 6.07) is 19.4. The maximum Gasteiger partial charge on any atom is 0.244 e. The summed E-state index contributed by atoms with van der Waals surface area (Å²) in [5.41, 5.74) is 1.68. The average Bonchev–Trinajstić information content (AvgIpc) is 2.91. The van der Waals surface area contributed by atoms with Gasteiger partial charge in [-0.05, 0) is 53.9 Å². The summed E-state index contributed by atoms with van der Waals surface area (Å²) < 4.78 is 26.6. The maximum atomic E-state index is 14.0. The molecule has 0 aliphatic heterocycles. The van der Waals surface area contributed by atoms with E-state index in [0.717, 1.165) is 29.0 Å². The van der Waals surface area contributed by atoms with Gasteiger partial charge in [-0.25, -0.2) is 8.42 Å². The number of nitrogens with zero attached hydrogens (tertiary/aromatic N) is 2. The first-order chi connectivity index (χ1) is 19.0. The second-order valence-electron chi connectivity index (χ2n) is 9.35. The van der Waals surface area contributed by atoms with Crippen molar-refractivity contribution in [2.24, 2.45) is 0 Å². The number of rotatable bonds is 13. The Morgan fingerprint density at radius 3 is 2.17 bits per heavy atom. The van der Waals surface area contributed by atoms with Gasteiger partial charge in [-0.2, -0.15) is 0 Å². The van der Waals surface area contributed by atoms with Crippen LogP contribution in [-0.4, -0.2) is 50.5 Å². The average molecular weight is 625 g/mol. The molecule has 0 aliphatic rings. The monoisotopic (exact) mass is 623 g/mol. The second kappa shape index (κ2) is 14.7. The molecular weight excluding hydrogens is 593 g/mol. The Bertz CT molecular complexity index is 1400. The van der Waals surface area contributed by atoms with Gasteiger partial charge in [0.1, 0.15) is 12.6 Å². The summed E-state index contributed by atoms with van der Waals surface area (Å²) in [6.45, 7) is 1.90. The van der Waals surface area contributed by atoms with Crippen LogP contribution < -0.4 is 9.62 Å². The van der Waals surface area contributed by atoms with Crippen molar-refractivity contribution in [1.29, 1.82) is 0 Å². The zero-order chi connectivity index (χ0) is 29.3. The highest BCUT2D eigenvalue weighted by Gasteiger charge is 2.33. The number of hydrogen-bond acceptors (Lipinski definition) is 4. The van der Waals surface area contributed by atoms with Gasteiger partial charge in [-0.1, -0.05) is 84.5 Å². The molecule has 3 aromatic carbocycles. The molecule has 40 heavy (non-hydrogen) atoms. The number of carbonyl (C=O) groups excluding carboxylic acids is 2. The molecule has 3 rings (SSSR count). The first-order valence-corrected chi connectivity index (χ1v) is 15.8. The van der Waals surface area contributed by atoms with Gasteiger partial charge in [0.05, 0.1) is 11.9 Å². The predicted octanol–water partition coefficient (Wildman–Crippen LogP) is 5.97. The van der Waals surface area contributed by atoms with Crippen LogP contribution in [0.3, 0.4) is 0 Å². The molecule has 0 bridgehead atoms. The number of unbranched alkanes of at least 4 members (excludes halogenated alkanes) is 1. The molecule has 0 saturated carbocycles. The van der Waals surface area contributed by atoms with Crippen molar-refractivity contribution >= 4 is 62.3 Å². The van der Waals surface area contributed by atoms with Crippen LogP contribution in [0.2, 0.25) is 15.1 Å². The van der Waals surface area contributed by atoms with Crippen molar-refractivity contribution in [2.75, 3.05) is 23.7 Å². The van der Waals surface area contributed by atoms with E-state index < -0.39 is 28.5 Å². The highest BCUT2D eigenvalue weighted by atomic mass is 35.5. The lowest BCUT2D eigenvalue weighted by molar-refractivity contribution is -0.140. The Balaban J connectivity index is 2.05. The van der Waals surface area contributed by atoms with Crippen LogP contribution in [0.1, 0.15) is 30.9 Å². The van der Waals surface area contributed by atoms with E-state index in [1.54, 1.807) is 30.3 Å². The van der Waals surface area contributed by atoms with Crippen LogP contribution in [0.15, 0.2) is 72.8 Å². The van der Waals surface area contributed by atoms with E-state index in [1.165, 1.54) is 17.0 Å². The number of benzene rings is 3. The highest BCUT2D eigenvalue weighted by molar-refractivity contribution is 7.92. The van der Waals surface area contributed by atoms with Gasteiger partial charge in [0, 0.05) is 34.6 Å². The zero-order valence-corrected chi connectivity index (χ0v) is 25.4. The van der Waals surface area contributed by atoms with Crippen molar-refractivity contribution in [3.05, 3.63) is 99.0 Å². The number of hydrogen-bond donors (Lipinski definition) is 1. The SMILES string of the molecule is CCCCNC(=O)C(Cc1ccccc1)N(Cc1ccc(Cl)cc1Cl)C(=O)CN(c1ccc(Cl)cc1)S(C)(=O)=O. The first-order valence-electron chi connectivity index (χ1n) is 12.8. The van der Waals surface area contributed by atoms with E-state index in [-0.39, 0.29) is 24.6 Å². The first kappa shape index (κ1) is 31.7. The molecule has 2 amide bonds. The molecule has 0 aromatic heterocycles. The number of nitrogens with one attached hydrogen (secondary N) is 1. The number of sulfonamides is 1. The normalized spacial score (nSPS) is 12.0. The van der Waals surface area contributed by atoms with Crippen LogP contribution in [0, 0.1) is 0 Å².